The molecule has 3 rings (SSSR count). The van der Waals surface area contributed by atoms with E-state index in [4.69, 9.17) is 0 Å². The average molecular weight is 215 g/mol. The van der Waals surface area contributed by atoms with Crippen molar-refractivity contribution < 1.29 is 0 Å². The van der Waals surface area contributed by atoms with Crippen molar-refractivity contribution in [3.05, 3.63) is 35.9 Å². The number of hydrogen-bond acceptors (Lipinski definition) is 2. The van der Waals surface area contributed by atoms with E-state index in [2.05, 4.69) is 46.5 Å². The minimum atomic E-state index is 0.591. The third-order valence-corrected chi connectivity index (χ3v) is 3.53. The van der Waals surface area contributed by atoms with Gasteiger partial charge in [0.1, 0.15) is 5.82 Å². The summed E-state index contributed by atoms with van der Waals surface area (Å²) in [5.41, 5.74) is 2.49. The van der Waals surface area contributed by atoms with Crippen molar-refractivity contribution in [2.24, 2.45) is 0 Å². The van der Waals surface area contributed by atoms with Crippen molar-refractivity contribution in [2.45, 2.75) is 19.3 Å². The van der Waals surface area contributed by atoms with Gasteiger partial charge in [-0.1, -0.05) is 6.07 Å². The van der Waals surface area contributed by atoms with Gasteiger partial charge in [0, 0.05) is 18.2 Å². The van der Waals surface area contributed by atoms with E-state index in [1.807, 2.05) is 6.20 Å². The third-order valence-electron chi connectivity index (χ3n) is 3.53. The highest BCUT2D eigenvalue weighted by Gasteiger charge is 2.24. The summed E-state index contributed by atoms with van der Waals surface area (Å²) < 4.78 is 2.30. The summed E-state index contributed by atoms with van der Waals surface area (Å²) in [6, 6.07) is 6.37. The van der Waals surface area contributed by atoms with Gasteiger partial charge in [-0.3, -0.25) is 0 Å². The second-order valence-corrected chi connectivity index (χ2v) is 4.79. The number of fused-ring (bicyclic) bond motifs is 1. The Kier molecular flexibility index (Phi) is 2.21. The zero-order valence-electron chi connectivity index (χ0n) is 9.85. The zero-order chi connectivity index (χ0) is 11.1. The molecule has 0 spiro atoms. The van der Waals surface area contributed by atoms with E-state index in [0.717, 1.165) is 6.54 Å². The molecule has 0 radical (unpaired) electrons. The van der Waals surface area contributed by atoms with Gasteiger partial charge in [0.15, 0.2) is 0 Å². The number of pyridine rings is 1. The number of hydrogen-bond donors (Lipinski definition) is 0. The molecule has 0 N–H and O–H groups in total. The summed E-state index contributed by atoms with van der Waals surface area (Å²) in [4.78, 5) is 6.99. The predicted octanol–water partition coefficient (Wildman–Crippen LogP) is 2.06. The highest BCUT2D eigenvalue weighted by Crippen LogP contribution is 2.26. The molecular weight excluding hydrogens is 198 g/mol. The van der Waals surface area contributed by atoms with Gasteiger partial charge < -0.3 is 9.30 Å². The smallest absolute Gasteiger partial charge is 0.117 e. The molecule has 1 unspecified atom stereocenters. The van der Waals surface area contributed by atoms with E-state index >= 15 is 0 Å². The van der Waals surface area contributed by atoms with Crippen LogP contribution in [0.25, 0.3) is 5.52 Å². The van der Waals surface area contributed by atoms with Crippen molar-refractivity contribution in [1.29, 1.82) is 0 Å². The quantitative estimate of drug-likeness (QED) is 0.726. The summed E-state index contributed by atoms with van der Waals surface area (Å²) in [6.07, 6.45) is 3.21. The predicted molar refractivity (Wildman–Crippen MR) is 64.8 cm³/mol. The lowest BCUT2D eigenvalue weighted by Crippen LogP contribution is -2.14. The average Bonchev–Trinajstić information content (AvgIpc) is 2.84. The molecule has 0 aromatic carbocycles. The first-order valence-electron chi connectivity index (χ1n) is 5.87. The minimum absolute atomic E-state index is 0.591. The maximum Gasteiger partial charge on any atom is 0.117 e. The fourth-order valence-corrected chi connectivity index (χ4v) is 2.68. The zero-order valence-corrected chi connectivity index (χ0v) is 9.85. The van der Waals surface area contributed by atoms with Gasteiger partial charge in [-0.05, 0) is 39.1 Å². The first-order chi connectivity index (χ1) is 7.75. The van der Waals surface area contributed by atoms with Crippen molar-refractivity contribution in [2.75, 3.05) is 20.1 Å². The number of likely N-dealkylation sites (N-methyl/N-ethyl adjacent to an activating group) is 1. The van der Waals surface area contributed by atoms with Crippen molar-refractivity contribution in [1.82, 2.24) is 14.3 Å². The molecular formula is C13H17N3. The molecule has 16 heavy (non-hydrogen) atoms. The first kappa shape index (κ1) is 9.85. The summed E-state index contributed by atoms with van der Waals surface area (Å²) >= 11 is 0. The van der Waals surface area contributed by atoms with Crippen molar-refractivity contribution in [3.8, 4) is 0 Å². The van der Waals surface area contributed by atoms with E-state index in [-0.39, 0.29) is 0 Å². The van der Waals surface area contributed by atoms with Crippen LogP contribution in [0.2, 0.25) is 0 Å². The van der Waals surface area contributed by atoms with Crippen LogP contribution in [0.5, 0.6) is 0 Å². The third kappa shape index (κ3) is 1.43. The molecule has 0 amide bonds. The lowest BCUT2D eigenvalue weighted by Gasteiger charge is -2.11. The van der Waals surface area contributed by atoms with Gasteiger partial charge >= 0.3 is 0 Å². The Bertz CT molecular complexity index is 515. The topological polar surface area (TPSA) is 20.5 Å². The number of aromatic nitrogens is 2. The second kappa shape index (κ2) is 3.59. The van der Waals surface area contributed by atoms with Crippen LogP contribution in [-0.4, -0.2) is 34.4 Å². The van der Waals surface area contributed by atoms with Crippen LogP contribution in [0.1, 0.15) is 23.9 Å². The van der Waals surface area contributed by atoms with Crippen molar-refractivity contribution >= 4 is 5.52 Å². The Morgan fingerprint density at radius 1 is 1.38 bits per heavy atom. The molecule has 3 heteroatoms. The molecule has 1 atom stereocenters. The van der Waals surface area contributed by atoms with E-state index < -0.39 is 0 Å². The van der Waals surface area contributed by atoms with Gasteiger partial charge in [0.05, 0.1) is 11.7 Å². The number of nitrogens with zero attached hydrogens (tertiary/aromatic N) is 3. The summed E-state index contributed by atoms with van der Waals surface area (Å²) in [5.74, 6) is 1.83. The van der Waals surface area contributed by atoms with E-state index in [1.165, 1.54) is 30.0 Å². The fourth-order valence-electron chi connectivity index (χ4n) is 2.68. The lowest BCUT2D eigenvalue weighted by molar-refractivity contribution is 0.409. The standard InChI is InChI=1S/C13H17N3/c1-10-4-3-5-12-8-14-13(16(10)12)11-6-7-15(2)9-11/h3-5,8,11H,6-7,9H2,1-2H3. The van der Waals surface area contributed by atoms with Crippen LogP contribution in [-0.2, 0) is 0 Å². The van der Waals surface area contributed by atoms with Gasteiger partial charge in [0.2, 0.25) is 0 Å². The van der Waals surface area contributed by atoms with Crippen LogP contribution in [0, 0.1) is 6.92 Å². The second-order valence-electron chi connectivity index (χ2n) is 4.79. The monoisotopic (exact) mass is 215 g/mol. The fraction of sp³-hybridized carbons (Fsp3) is 0.462. The van der Waals surface area contributed by atoms with Crippen LogP contribution < -0.4 is 0 Å². The molecule has 1 aliphatic heterocycles. The molecule has 0 saturated carbocycles. The SMILES string of the molecule is Cc1cccc2cnc(C3CCN(C)C3)n12. The number of likely N-dealkylation sites (tertiary alicyclic amines) is 1. The molecule has 1 fully saturated rings. The minimum Gasteiger partial charge on any atom is -0.306 e. The van der Waals surface area contributed by atoms with Crippen LogP contribution in [0.3, 0.4) is 0 Å². The molecule has 0 aliphatic carbocycles. The molecule has 3 heterocycles. The van der Waals surface area contributed by atoms with E-state index in [1.54, 1.807) is 0 Å². The maximum atomic E-state index is 4.61. The van der Waals surface area contributed by atoms with Crippen LogP contribution >= 0.6 is 0 Å². The molecule has 2 aromatic rings. The molecule has 84 valence electrons. The van der Waals surface area contributed by atoms with Crippen molar-refractivity contribution in [3.63, 3.8) is 0 Å². The number of imidazole rings is 1. The molecule has 1 saturated heterocycles. The van der Waals surface area contributed by atoms with Crippen LogP contribution in [0.4, 0.5) is 0 Å². The Hall–Kier alpha value is -1.35. The normalized spacial score (nSPS) is 22.0. The molecule has 0 bridgehead atoms. The van der Waals surface area contributed by atoms with E-state index in [9.17, 15) is 0 Å². The largest absolute Gasteiger partial charge is 0.306 e. The lowest BCUT2D eigenvalue weighted by atomic mass is 10.1. The highest BCUT2D eigenvalue weighted by molar-refractivity contribution is 5.47. The Labute approximate surface area is 95.7 Å². The molecule has 2 aromatic heterocycles. The molecule has 3 nitrogen and oxygen atoms in total. The highest BCUT2D eigenvalue weighted by atomic mass is 15.1. The van der Waals surface area contributed by atoms with Gasteiger partial charge in [-0.25, -0.2) is 4.98 Å². The summed E-state index contributed by atoms with van der Waals surface area (Å²) in [6.45, 7) is 4.47. The van der Waals surface area contributed by atoms with E-state index in [0.29, 0.717) is 5.92 Å². The Morgan fingerprint density at radius 3 is 3.00 bits per heavy atom. The van der Waals surface area contributed by atoms with Gasteiger partial charge in [-0.2, -0.15) is 0 Å². The summed E-state index contributed by atoms with van der Waals surface area (Å²) in [7, 11) is 2.18. The first-order valence-corrected chi connectivity index (χ1v) is 5.87. The summed E-state index contributed by atoms with van der Waals surface area (Å²) in [5, 5.41) is 0. The maximum absolute atomic E-state index is 4.61. The van der Waals surface area contributed by atoms with Crippen LogP contribution in [0.15, 0.2) is 24.4 Å². The molecule has 1 aliphatic rings. The Morgan fingerprint density at radius 2 is 2.25 bits per heavy atom. The number of aryl methyl sites for hydroxylation is 1. The van der Waals surface area contributed by atoms with Gasteiger partial charge in [0.25, 0.3) is 0 Å². The Balaban J connectivity index is 2.10. The van der Waals surface area contributed by atoms with Gasteiger partial charge in [-0.15, -0.1) is 0 Å². The number of rotatable bonds is 1.